The molecule has 29 heavy (non-hydrogen) atoms. The summed E-state index contributed by atoms with van der Waals surface area (Å²) in [6.07, 6.45) is -4.68. The number of primary amides is 1. The number of aliphatic hydroxyl groups is 1. The van der Waals surface area contributed by atoms with E-state index >= 15 is 0 Å². The van der Waals surface area contributed by atoms with Crippen LogP contribution in [0.15, 0.2) is 37.8 Å². The Bertz CT molecular complexity index is 1090. The number of nitrogens with one attached hydrogen (secondary N) is 1. The maximum absolute atomic E-state index is 12.9. The van der Waals surface area contributed by atoms with E-state index in [2.05, 4.69) is 21.2 Å². The molecule has 0 bridgehead atoms. The van der Waals surface area contributed by atoms with E-state index in [1.165, 1.54) is 13.8 Å². The fourth-order valence-electron chi connectivity index (χ4n) is 2.04. The first kappa shape index (κ1) is 23.3. The van der Waals surface area contributed by atoms with Crippen molar-refractivity contribution in [3.05, 3.63) is 39.9 Å². The Kier molecular flexibility index (Phi) is 6.19. The number of hydrogen-bond donors (Lipinski definition) is 3. The lowest BCUT2D eigenvalue weighted by Gasteiger charge is -2.16. The van der Waals surface area contributed by atoms with Crippen LogP contribution in [-0.4, -0.2) is 30.9 Å². The van der Waals surface area contributed by atoms with Gasteiger partial charge in [-0.1, -0.05) is 15.9 Å². The quantitative estimate of drug-likeness (QED) is 0.564. The van der Waals surface area contributed by atoms with Gasteiger partial charge in [-0.3, -0.25) is 9.59 Å². The van der Waals surface area contributed by atoms with Gasteiger partial charge < -0.3 is 16.2 Å². The van der Waals surface area contributed by atoms with E-state index in [1.54, 1.807) is 0 Å². The number of carbonyl (C=O) groups excluding carboxylic acids is 2. The van der Waals surface area contributed by atoms with Crippen molar-refractivity contribution < 1.29 is 36.3 Å². The second-order valence-electron chi connectivity index (χ2n) is 6.33. The van der Waals surface area contributed by atoms with Crippen LogP contribution in [0.2, 0.25) is 0 Å². The number of halogens is 4. The molecule has 7 nitrogen and oxygen atoms in total. The summed E-state index contributed by atoms with van der Waals surface area (Å²) in [5.74, 6) is -1.95. The smallest absolute Gasteiger partial charge is 0.381 e. The van der Waals surface area contributed by atoms with Crippen molar-refractivity contribution in [3.8, 4) is 0 Å². The molecule has 2 rings (SSSR count). The fraction of sp³-hybridized carbons (Fsp3) is 0.250. The van der Waals surface area contributed by atoms with E-state index in [4.69, 9.17) is 5.73 Å². The standard InChI is InChI=1S/C16H14BrF3N2O5S2/c1-15(2,25)14(24)22-13-8(12(21)23)6-11(28-13)29(26,27)7-3-4-9(10(17)5-7)16(18,19)20/h3-6,25H,1-2H3,(H2,21,23)(H,22,24). The minimum atomic E-state index is -4.68. The van der Waals surface area contributed by atoms with Gasteiger partial charge in [0.05, 0.1) is 16.0 Å². The predicted molar refractivity (Wildman–Crippen MR) is 102 cm³/mol. The number of hydrogen-bond acceptors (Lipinski definition) is 6. The minimum Gasteiger partial charge on any atom is -0.381 e. The first-order chi connectivity index (χ1) is 13.0. The second kappa shape index (κ2) is 7.70. The number of amides is 2. The van der Waals surface area contributed by atoms with Gasteiger partial charge in [-0.2, -0.15) is 13.2 Å². The van der Waals surface area contributed by atoms with Crippen LogP contribution in [0.25, 0.3) is 0 Å². The highest BCUT2D eigenvalue weighted by Crippen LogP contribution is 2.39. The molecule has 4 N–H and O–H groups in total. The van der Waals surface area contributed by atoms with Gasteiger partial charge in [-0.15, -0.1) is 11.3 Å². The molecule has 0 saturated carbocycles. The number of thiophene rings is 1. The van der Waals surface area contributed by atoms with Gasteiger partial charge >= 0.3 is 6.18 Å². The number of sulfone groups is 1. The maximum atomic E-state index is 12.9. The van der Waals surface area contributed by atoms with Crippen LogP contribution in [-0.2, 0) is 20.8 Å². The van der Waals surface area contributed by atoms with Crippen molar-refractivity contribution in [1.82, 2.24) is 0 Å². The highest BCUT2D eigenvalue weighted by molar-refractivity contribution is 9.10. The van der Waals surface area contributed by atoms with E-state index in [0.29, 0.717) is 17.4 Å². The summed E-state index contributed by atoms with van der Waals surface area (Å²) >= 11 is 3.19. The number of nitrogens with two attached hydrogens (primary N) is 1. The van der Waals surface area contributed by atoms with Crippen LogP contribution in [0.3, 0.4) is 0 Å². The molecule has 0 aliphatic heterocycles. The molecule has 1 aromatic carbocycles. The zero-order valence-corrected chi connectivity index (χ0v) is 18.0. The highest BCUT2D eigenvalue weighted by atomic mass is 79.9. The van der Waals surface area contributed by atoms with Crippen LogP contribution in [0.5, 0.6) is 0 Å². The molecule has 0 unspecified atom stereocenters. The van der Waals surface area contributed by atoms with Gasteiger partial charge in [-0.25, -0.2) is 8.42 Å². The molecule has 0 aliphatic rings. The third-order valence-electron chi connectivity index (χ3n) is 3.58. The zero-order valence-electron chi connectivity index (χ0n) is 14.8. The van der Waals surface area contributed by atoms with E-state index in [9.17, 15) is 36.3 Å². The molecule has 0 spiro atoms. The summed E-state index contributed by atoms with van der Waals surface area (Å²) in [6, 6.07) is 3.09. The van der Waals surface area contributed by atoms with Crippen LogP contribution in [0.4, 0.5) is 18.2 Å². The second-order valence-corrected chi connectivity index (χ2v) is 10.4. The van der Waals surface area contributed by atoms with Crippen molar-refractivity contribution in [2.24, 2.45) is 5.73 Å². The summed E-state index contributed by atoms with van der Waals surface area (Å²) in [6.45, 7) is 2.36. The first-order valence-electron chi connectivity index (χ1n) is 7.64. The van der Waals surface area contributed by atoms with Crippen LogP contribution >= 0.6 is 27.3 Å². The first-order valence-corrected chi connectivity index (χ1v) is 10.7. The van der Waals surface area contributed by atoms with E-state index in [1.807, 2.05) is 0 Å². The molecule has 2 aromatic rings. The van der Waals surface area contributed by atoms with Crippen molar-refractivity contribution in [2.45, 2.75) is 34.7 Å². The lowest BCUT2D eigenvalue weighted by molar-refractivity contribution is -0.138. The molecule has 2 amide bonds. The Hall–Kier alpha value is -1.96. The number of anilines is 1. The molecule has 0 atom stereocenters. The Labute approximate surface area is 175 Å². The summed E-state index contributed by atoms with van der Waals surface area (Å²) in [5, 5.41) is 11.7. The average Bonchev–Trinajstić information content (AvgIpc) is 2.97. The molecule has 0 radical (unpaired) electrons. The van der Waals surface area contributed by atoms with E-state index in [0.717, 1.165) is 18.2 Å². The van der Waals surface area contributed by atoms with Gasteiger partial charge in [-0.05, 0) is 38.1 Å². The molecule has 0 saturated heterocycles. The van der Waals surface area contributed by atoms with Gasteiger partial charge in [0.1, 0.15) is 14.8 Å². The number of alkyl halides is 3. The molecule has 0 fully saturated rings. The molecule has 158 valence electrons. The van der Waals surface area contributed by atoms with Crippen molar-refractivity contribution in [1.29, 1.82) is 0 Å². The van der Waals surface area contributed by atoms with Gasteiger partial charge in [0, 0.05) is 4.47 Å². The lowest BCUT2D eigenvalue weighted by Crippen LogP contribution is -2.36. The highest BCUT2D eigenvalue weighted by Gasteiger charge is 2.34. The Morgan fingerprint density at radius 3 is 2.24 bits per heavy atom. The number of carbonyl (C=O) groups is 2. The number of benzene rings is 1. The van der Waals surface area contributed by atoms with Crippen LogP contribution < -0.4 is 11.1 Å². The van der Waals surface area contributed by atoms with Crippen LogP contribution in [0, 0.1) is 0 Å². The topological polar surface area (TPSA) is 127 Å². The largest absolute Gasteiger partial charge is 0.417 e. The zero-order chi connectivity index (χ0) is 22.4. The Morgan fingerprint density at radius 1 is 1.21 bits per heavy atom. The molecular formula is C16H14BrF3N2O5S2. The number of rotatable bonds is 5. The van der Waals surface area contributed by atoms with Gasteiger partial charge in [0.2, 0.25) is 9.84 Å². The minimum absolute atomic E-state index is 0.214. The monoisotopic (exact) mass is 514 g/mol. The lowest BCUT2D eigenvalue weighted by atomic mass is 10.1. The van der Waals surface area contributed by atoms with Gasteiger partial charge in [0.25, 0.3) is 11.8 Å². The summed E-state index contributed by atoms with van der Waals surface area (Å²) in [5.41, 5.74) is 2.01. The Morgan fingerprint density at radius 2 is 1.79 bits per heavy atom. The summed E-state index contributed by atoms with van der Waals surface area (Å²) < 4.78 is 63.3. The van der Waals surface area contributed by atoms with Crippen LogP contribution in [0.1, 0.15) is 29.8 Å². The predicted octanol–water partition coefficient (Wildman–Crippen LogP) is 3.17. The molecular weight excluding hydrogens is 501 g/mol. The third-order valence-corrected chi connectivity index (χ3v) is 7.51. The van der Waals surface area contributed by atoms with Crippen molar-refractivity contribution in [2.75, 3.05) is 5.32 Å². The van der Waals surface area contributed by atoms with Gasteiger partial charge in [0.15, 0.2) is 0 Å². The third kappa shape index (κ3) is 4.97. The normalized spacial score (nSPS) is 12.7. The van der Waals surface area contributed by atoms with E-state index < -0.39 is 52.6 Å². The van der Waals surface area contributed by atoms with Crippen molar-refractivity contribution in [3.63, 3.8) is 0 Å². The average molecular weight is 515 g/mol. The summed E-state index contributed by atoms with van der Waals surface area (Å²) in [4.78, 5) is 23.1. The summed E-state index contributed by atoms with van der Waals surface area (Å²) in [7, 11) is -4.33. The van der Waals surface area contributed by atoms with Crippen molar-refractivity contribution >= 4 is 53.9 Å². The molecule has 0 aliphatic carbocycles. The fourth-order valence-corrected chi connectivity index (χ4v) is 5.59. The SMILES string of the molecule is CC(C)(O)C(=O)Nc1sc(S(=O)(=O)c2ccc(C(F)(F)F)c(Br)c2)cc1C(N)=O. The molecule has 13 heteroatoms. The maximum Gasteiger partial charge on any atom is 0.417 e. The Balaban J connectivity index is 2.53. The van der Waals surface area contributed by atoms with E-state index in [-0.39, 0.29) is 10.6 Å². The molecule has 1 heterocycles. The molecule has 1 aromatic heterocycles.